The van der Waals surface area contributed by atoms with Crippen LogP contribution < -0.4 is 0 Å². The summed E-state index contributed by atoms with van der Waals surface area (Å²) in [5, 5.41) is 9.93. The minimum Gasteiger partial charge on any atom is -0.386 e. The lowest BCUT2D eigenvalue weighted by Gasteiger charge is -2.38. The molecule has 0 aliphatic carbocycles. The largest absolute Gasteiger partial charge is 0.386 e. The van der Waals surface area contributed by atoms with Gasteiger partial charge in [0.1, 0.15) is 12.6 Å². The first-order valence-electron chi connectivity index (χ1n) is 12.2. The molecule has 0 aromatic rings. The number of alkyl halides is 1. The Labute approximate surface area is 176 Å². The lowest BCUT2D eigenvalue weighted by atomic mass is 10.0. The standard InChI is InChI=1S/C24H51ClNO/c1-4-7-8-9-10-11-12-13-14-15-16-17-18-19-20-21-26(5-2,6-3)23-24(27)22-25/h24,27H,4-23H2,1-3H3/q+1. The molecule has 1 atom stereocenters. The number of unbranched alkanes of at least 4 members (excludes halogenated alkanes) is 14. The normalized spacial score (nSPS) is 13.2. The smallest absolute Gasteiger partial charge is 0.116 e. The first kappa shape index (κ1) is 27.2. The molecule has 0 aliphatic heterocycles. The monoisotopic (exact) mass is 404 g/mol. The van der Waals surface area contributed by atoms with E-state index in [1.54, 1.807) is 0 Å². The second-order valence-corrected chi connectivity index (χ2v) is 8.95. The minimum atomic E-state index is -0.358. The fourth-order valence-corrected chi connectivity index (χ4v) is 4.30. The fraction of sp³-hybridized carbons (Fsp3) is 1.00. The molecule has 3 heteroatoms. The van der Waals surface area contributed by atoms with Gasteiger partial charge in [-0.2, -0.15) is 0 Å². The molecule has 0 aromatic carbocycles. The molecule has 0 fully saturated rings. The highest BCUT2D eigenvalue weighted by Gasteiger charge is 2.25. The van der Waals surface area contributed by atoms with Gasteiger partial charge in [-0.15, -0.1) is 11.6 Å². The van der Waals surface area contributed by atoms with E-state index < -0.39 is 0 Å². The second-order valence-electron chi connectivity index (χ2n) is 8.64. The zero-order valence-electron chi connectivity index (χ0n) is 19.0. The summed E-state index contributed by atoms with van der Waals surface area (Å²) >= 11 is 5.81. The molecule has 0 radical (unpaired) electrons. The van der Waals surface area contributed by atoms with Crippen molar-refractivity contribution < 1.29 is 9.59 Å². The number of hydrogen-bond donors (Lipinski definition) is 1. The highest BCUT2D eigenvalue weighted by atomic mass is 35.5. The summed E-state index contributed by atoms with van der Waals surface area (Å²) in [7, 11) is 0. The summed E-state index contributed by atoms with van der Waals surface area (Å²) in [5.41, 5.74) is 0. The Morgan fingerprint density at radius 1 is 0.630 bits per heavy atom. The second kappa shape index (κ2) is 19.5. The first-order valence-corrected chi connectivity index (χ1v) is 12.8. The van der Waals surface area contributed by atoms with Crippen LogP contribution in [0.2, 0.25) is 0 Å². The maximum Gasteiger partial charge on any atom is 0.116 e. The van der Waals surface area contributed by atoms with Crippen molar-refractivity contribution in [2.45, 2.75) is 123 Å². The number of hydrogen-bond acceptors (Lipinski definition) is 1. The van der Waals surface area contributed by atoms with E-state index in [0.717, 1.165) is 24.1 Å². The molecule has 2 nitrogen and oxygen atoms in total. The van der Waals surface area contributed by atoms with Gasteiger partial charge in [0.2, 0.25) is 0 Å². The summed E-state index contributed by atoms with van der Waals surface area (Å²) in [6.45, 7) is 11.0. The van der Waals surface area contributed by atoms with Crippen LogP contribution in [0, 0.1) is 0 Å². The van der Waals surface area contributed by atoms with E-state index in [-0.39, 0.29) is 6.10 Å². The van der Waals surface area contributed by atoms with Gasteiger partial charge in [0.25, 0.3) is 0 Å². The average molecular weight is 405 g/mol. The van der Waals surface area contributed by atoms with Crippen LogP contribution in [0.3, 0.4) is 0 Å². The van der Waals surface area contributed by atoms with E-state index in [4.69, 9.17) is 11.6 Å². The Morgan fingerprint density at radius 2 is 1.00 bits per heavy atom. The number of nitrogens with zero attached hydrogens (tertiary/aromatic N) is 1. The molecule has 0 saturated carbocycles. The highest BCUT2D eigenvalue weighted by molar-refractivity contribution is 6.18. The van der Waals surface area contributed by atoms with Crippen molar-refractivity contribution in [3.8, 4) is 0 Å². The van der Waals surface area contributed by atoms with Crippen molar-refractivity contribution in [3.05, 3.63) is 0 Å². The van der Waals surface area contributed by atoms with Gasteiger partial charge in [-0.3, -0.25) is 0 Å². The SMILES string of the molecule is CCCCCCCCCCCCCCCCC[N+](CC)(CC)CC(O)CCl. The molecule has 0 spiro atoms. The molecular formula is C24H51ClNO+. The summed E-state index contributed by atoms with van der Waals surface area (Å²) in [6.07, 6.45) is 20.8. The van der Waals surface area contributed by atoms with Crippen LogP contribution in [0.5, 0.6) is 0 Å². The molecule has 164 valence electrons. The number of aliphatic hydroxyl groups excluding tert-OH is 1. The Morgan fingerprint density at radius 3 is 1.33 bits per heavy atom. The van der Waals surface area contributed by atoms with Gasteiger partial charge in [0.15, 0.2) is 0 Å². The quantitative estimate of drug-likeness (QED) is 0.121. The maximum atomic E-state index is 9.93. The zero-order valence-corrected chi connectivity index (χ0v) is 19.7. The predicted octanol–water partition coefficient (Wildman–Crippen LogP) is 7.31. The average Bonchev–Trinajstić information content (AvgIpc) is 2.69. The number of likely N-dealkylation sites (N-methyl/N-ethyl adjacent to an activating group) is 1. The van der Waals surface area contributed by atoms with Crippen molar-refractivity contribution in [1.29, 1.82) is 0 Å². The van der Waals surface area contributed by atoms with Gasteiger partial charge in [0, 0.05) is 0 Å². The van der Waals surface area contributed by atoms with Gasteiger partial charge in [-0.25, -0.2) is 0 Å². The molecule has 0 bridgehead atoms. The Hall–Kier alpha value is 0.210. The lowest BCUT2D eigenvalue weighted by Crippen LogP contribution is -2.52. The Bertz CT molecular complexity index is 294. The van der Waals surface area contributed by atoms with Crippen molar-refractivity contribution in [2.24, 2.45) is 0 Å². The maximum absolute atomic E-state index is 9.93. The number of aliphatic hydroxyl groups is 1. The number of quaternary nitrogens is 1. The van der Waals surface area contributed by atoms with Crippen LogP contribution in [0.15, 0.2) is 0 Å². The molecular weight excluding hydrogens is 354 g/mol. The summed E-state index contributed by atoms with van der Waals surface area (Å²) in [5.74, 6) is 0.360. The molecule has 0 aromatic heterocycles. The highest BCUT2D eigenvalue weighted by Crippen LogP contribution is 2.15. The van der Waals surface area contributed by atoms with Crippen LogP contribution in [-0.2, 0) is 0 Å². The molecule has 1 N–H and O–H groups in total. The van der Waals surface area contributed by atoms with E-state index in [9.17, 15) is 5.11 Å². The third-order valence-electron chi connectivity index (χ3n) is 6.35. The van der Waals surface area contributed by atoms with Crippen molar-refractivity contribution in [1.82, 2.24) is 0 Å². The third kappa shape index (κ3) is 15.8. The topological polar surface area (TPSA) is 20.2 Å². The zero-order chi connectivity index (χ0) is 20.2. The van der Waals surface area contributed by atoms with Crippen LogP contribution in [-0.4, -0.2) is 47.8 Å². The van der Waals surface area contributed by atoms with Crippen LogP contribution >= 0.6 is 11.6 Å². The molecule has 0 amide bonds. The minimum absolute atomic E-state index is 0.358. The predicted molar refractivity (Wildman–Crippen MR) is 123 cm³/mol. The summed E-state index contributed by atoms with van der Waals surface area (Å²) in [4.78, 5) is 0. The molecule has 0 saturated heterocycles. The lowest BCUT2D eigenvalue weighted by molar-refractivity contribution is -0.927. The van der Waals surface area contributed by atoms with Gasteiger partial charge < -0.3 is 9.59 Å². The summed E-state index contributed by atoms with van der Waals surface area (Å²) < 4.78 is 1.02. The molecule has 1 unspecified atom stereocenters. The van der Waals surface area contributed by atoms with Crippen LogP contribution in [0.4, 0.5) is 0 Å². The van der Waals surface area contributed by atoms with E-state index >= 15 is 0 Å². The van der Waals surface area contributed by atoms with Crippen molar-refractivity contribution in [3.63, 3.8) is 0 Å². The Balaban J connectivity index is 3.47. The molecule has 0 heterocycles. The fourth-order valence-electron chi connectivity index (χ4n) is 4.20. The van der Waals surface area contributed by atoms with E-state index in [0.29, 0.717) is 5.88 Å². The van der Waals surface area contributed by atoms with Gasteiger partial charge >= 0.3 is 0 Å². The first-order chi connectivity index (χ1) is 13.1. The third-order valence-corrected chi connectivity index (χ3v) is 6.71. The van der Waals surface area contributed by atoms with E-state index in [1.165, 1.54) is 103 Å². The van der Waals surface area contributed by atoms with Gasteiger partial charge in [0.05, 0.1) is 25.5 Å². The van der Waals surface area contributed by atoms with Crippen molar-refractivity contribution in [2.75, 3.05) is 32.1 Å². The van der Waals surface area contributed by atoms with Crippen molar-refractivity contribution >= 4 is 11.6 Å². The van der Waals surface area contributed by atoms with E-state index in [1.807, 2.05) is 0 Å². The summed E-state index contributed by atoms with van der Waals surface area (Å²) in [6, 6.07) is 0. The number of rotatable bonds is 21. The van der Waals surface area contributed by atoms with Crippen LogP contribution in [0.1, 0.15) is 117 Å². The molecule has 0 aliphatic rings. The molecule has 27 heavy (non-hydrogen) atoms. The number of halogens is 1. The van der Waals surface area contributed by atoms with Crippen LogP contribution in [0.25, 0.3) is 0 Å². The van der Waals surface area contributed by atoms with Gasteiger partial charge in [-0.05, 0) is 26.7 Å². The molecule has 0 rings (SSSR count). The van der Waals surface area contributed by atoms with E-state index in [2.05, 4.69) is 20.8 Å². The Kier molecular flexibility index (Phi) is 19.7. The van der Waals surface area contributed by atoms with Gasteiger partial charge in [-0.1, -0.05) is 90.4 Å².